The summed E-state index contributed by atoms with van der Waals surface area (Å²) >= 11 is 0. The summed E-state index contributed by atoms with van der Waals surface area (Å²) in [6.45, 7) is 9.03. The summed E-state index contributed by atoms with van der Waals surface area (Å²) in [5, 5.41) is 15.8. The Kier molecular flexibility index (Phi) is 9.31. The number of carbonyl (C=O) groups excluding carboxylic acids is 1. The lowest BCUT2D eigenvalue weighted by Gasteiger charge is -2.15. The van der Waals surface area contributed by atoms with Crippen LogP contribution >= 0.6 is 0 Å². The minimum Gasteiger partial charge on any atom is -0.488 e. The van der Waals surface area contributed by atoms with E-state index in [-0.39, 0.29) is 11.4 Å². The molecule has 0 atom stereocenters. The number of hydrogen-bond donors (Lipinski definition) is 3. The third-order valence-electron chi connectivity index (χ3n) is 7.60. The van der Waals surface area contributed by atoms with Crippen molar-refractivity contribution < 1.29 is 14.3 Å². The van der Waals surface area contributed by atoms with Crippen molar-refractivity contribution in [2.24, 2.45) is 0 Å². The van der Waals surface area contributed by atoms with Crippen LogP contribution in [0, 0.1) is 6.92 Å². The van der Waals surface area contributed by atoms with Gasteiger partial charge in [0.25, 0.3) is 0 Å². The van der Waals surface area contributed by atoms with E-state index in [2.05, 4.69) is 51.7 Å². The number of urea groups is 1. The average Bonchev–Trinajstić information content (AvgIpc) is 3.50. The number of fused-ring (bicyclic) bond motifs is 1. The van der Waals surface area contributed by atoms with Gasteiger partial charge in [-0.2, -0.15) is 5.10 Å². The molecule has 6 aromatic rings. The normalized spacial score (nSPS) is 11.4. The fourth-order valence-electron chi connectivity index (χ4n) is 5.06. The highest BCUT2D eigenvalue weighted by molar-refractivity contribution is 6.07. The molecule has 2 amide bonds. The summed E-state index contributed by atoms with van der Waals surface area (Å²) in [4.78, 5) is 26.5. The molecular formula is C37H38N8O3. The van der Waals surface area contributed by atoms with Gasteiger partial charge < -0.3 is 20.1 Å². The van der Waals surface area contributed by atoms with E-state index in [4.69, 9.17) is 14.6 Å². The number of aromatic nitrogens is 5. The molecule has 0 aliphatic rings. The summed E-state index contributed by atoms with van der Waals surface area (Å²) < 4.78 is 13.1. The number of amides is 2. The maximum absolute atomic E-state index is 13.4. The monoisotopic (exact) mass is 642 g/mol. The van der Waals surface area contributed by atoms with E-state index in [1.807, 2.05) is 85.8 Å². The molecule has 0 radical (unpaired) electrons. The van der Waals surface area contributed by atoms with E-state index in [0.29, 0.717) is 42.1 Å². The lowest BCUT2D eigenvalue weighted by molar-refractivity contribution is 0.181. The maximum Gasteiger partial charge on any atom is 0.324 e. The smallest absolute Gasteiger partial charge is 0.324 e. The molecule has 48 heavy (non-hydrogen) atoms. The van der Waals surface area contributed by atoms with Gasteiger partial charge in [0.1, 0.15) is 29.8 Å². The zero-order chi connectivity index (χ0) is 33.7. The molecule has 0 fully saturated rings. The van der Waals surface area contributed by atoms with Gasteiger partial charge in [-0.15, -0.1) is 0 Å². The maximum atomic E-state index is 13.4. The van der Waals surface area contributed by atoms with Crippen LogP contribution in [0.5, 0.6) is 5.75 Å². The Morgan fingerprint density at radius 1 is 0.833 bits per heavy atom. The first-order valence-corrected chi connectivity index (χ1v) is 15.6. The van der Waals surface area contributed by atoms with Gasteiger partial charge in [-0.1, -0.05) is 62.7 Å². The first-order chi connectivity index (χ1) is 23.2. The summed E-state index contributed by atoms with van der Waals surface area (Å²) in [7, 11) is 1.62. The second-order valence-electron chi connectivity index (χ2n) is 12.4. The van der Waals surface area contributed by atoms with Crippen molar-refractivity contribution in [1.29, 1.82) is 0 Å². The molecule has 0 spiro atoms. The van der Waals surface area contributed by atoms with Crippen molar-refractivity contribution in [2.75, 3.05) is 23.1 Å². The fraction of sp³-hybridized carbons (Fsp3) is 0.216. The van der Waals surface area contributed by atoms with Crippen LogP contribution < -0.4 is 20.7 Å². The molecule has 6 rings (SSSR count). The Morgan fingerprint density at radius 3 is 2.35 bits per heavy atom. The van der Waals surface area contributed by atoms with Gasteiger partial charge in [-0.25, -0.2) is 19.4 Å². The summed E-state index contributed by atoms with van der Waals surface area (Å²) in [6.07, 6.45) is 5.02. The number of benzene rings is 3. The zero-order valence-electron chi connectivity index (χ0n) is 27.6. The number of nitrogens with one attached hydrogen (secondary N) is 3. The molecule has 0 aliphatic carbocycles. The predicted molar refractivity (Wildman–Crippen MR) is 188 cm³/mol. The van der Waals surface area contributed by atoms with E-state index in [1.165, 1.54) is 0 Å². The Labute approximate surface area is 279 Å². The fourth-order valence-corrected chi connectivity index (χ4v) is 5.06. The van der Waals surface area contributed by atoms with Crippen molar-refractivity contribution in [1.82, 2.24) is 24.7 Å². The van der Waals surface area contributed by atoms with E-state index >= 15 is 0 Å². The van der Waals surface area contributed by atoms with Gasteiger partial charge in [0.05, 0.1) is 41.8 Å². The van der Waals surface area contributed by atoms with Gasteiger partial charge >= 0.3 is 6.03 Å². The lowest BCUT2D eigenvalue weighted by atomic mass is 9.92. The van der Waals surface area contributed by atoms with E-state index < -0.39 is 0 Å². The van der Waals surface area contributed by atoms with Crippen molar-refractivity contribution in [2.45, 2.75) is 46.3 Å². The van der Waals surface area contributed by atoms with Crippen LogP contribution in [0.15, 0.2) is 97.5 Å². The SMILES string of the molecule is COCc1cnc(Nc2cc(COc3ccc(NC(=O)Nc4cc(C(C)(C)C)nn4-c4ccc(C)cc4)c4ccccc34)ccn2)cn1. The predicted octanol–water partition coefficient (Wildman–Crippen LogP) is 7.93. The van der Waals surface area contributed by atoms with E-state index in [0.717, 1.165) is 39.0 Å². The number of hydrogen-bond acceptors (Lipinski definition) is 8. The number of ether oxygens (including phenoxy) is 2. The van der Waals surface area contributed by atoms with Crippen LogP contribution in [0.2, 0.25) is 0 Å². The van der Waals surface area contributed by atoms with Gasteiger partial charge in [0.2, 0.25) is 0 Å². The molecular weight excluding hydrogens is 604 g/mol. The molecule has 3 aromatic carbocycles. The molecule has 0 bridgehead atoms. The highest BCUT2D eigenvalue weighted by atomic mass is 16.5. The lowest BCUT2D eigenvalue weighted by Crippen LogP contribution is -2.21. The zero-order valence-corrected chi connectivity index (χ0v) is 27.6. The molecule has 11 nitrogen and oxygen atoms in total. The van der Waals surface area contributed by atoms with Crippen LogP contribution in [0.25, 0.3) is 16.5 Å². The second-order valence-corrected chi connectivity index (χ2v) is 12.4. The number of carbonyl (C=O) groups is 1. The molecule has 3 N–H and O–H groups in total. The molecule has 3 aromatic heterocycles. The Balaban J connectivity index is 1.16. The number of pyridine rings is 1. The van der Waals surface area contributed by atoms with Crippen LogP contribution in [-0.2, 0) is 23.4 Å². The highest BCUT2D eigenvalue weighted by Gasteiger charge is 2.22. The average molecular weight is 643 g/mol. The third-order valence-corrected chi connectivity index (χ3v) is 7.60. The molecule has 11 heteroatoms. The Hall–Kier alpha value is -5.81. The summed E-state index contributed by atoms with van der Waals surface area (Å²) in [5.74, 6) is 2.47. The largest absolute Gasteiger partial charge is 0.488 e. The molecule has 0 unspecified atom stereocenters. The van der Waals surface area contributed by atoms with Gasteiger partial charge in [-0.3, -0.25) is 10.3 Å². The summed E-state index contributed by atoms with van der Waals surface area (Å²) in [5.41, 5.74) is 4.99. The molecule has 244 valence electrons. The van der Waals surface area contributed by atoms with Crippen LogP contribution in [0.3, 0.4) is 0 Å². The number of anilines is 4. The Morgan fingerprint density at radius 2 is 1.62 bits per heavy atom. The second kappa shape index (κ2) is 13.9. The Bertz CT molecular complexity index is 2030. The van der Waals surface area contributed by atoms with Crippen molar-refractivity contribution >= 4 is 39.9 Å². The first kappa shape index (κ1) is 32.1. The third kappa shape index (κ3) is 7.59. The van der Waals surface area contributed by atoms with E-state index in [1.54, 1.807) is 30.4 Å². The quantitative estimate of drug-likeness (QED) is 0.137. The molecule has 3 heterocycles. The number of aryl methyl sites for hydroxylation is 1. The van der Waals surface area contributed by atoms with Gasteiger partial charge in [-0.05, 0) is 48.9 Å². The first-order valence-electron chi connectivity index (χ1n) is 15.6. The van der Waals surface area contributed by atoms with Crippen molar-refractivity contribution in [3.8, 4) is 11.4 Å². The van der Waals surface area contributed by atoms with Crippen LogP contribution in [0.1, 0.15) is 43.3 Å². The standard InChI is InChI=1S/C37H38N8O3/c1-24-10-12-27(13-11-24)45-35(19-32(44-45)37(2,3)4)43-36(46)41-30-14-15-31(29-9-7-6-8-28(29)30)48-22-25-16-17-38-33(18-25)42-34-21-39-26(20-40-34)23-47-5/h6-21H,22-23H2,1-5H3,(H,38,40,42)(H2,41,43,46). The summed E-state index contributed by atoms with van der Waals surface area (Å²) in [6, 6.07) is 24.9. The number of methoxy groups -OCH3 is 1. The molecule has 0 aliphatic heterocycles. The minimum atomic E-state index is -0.377. The highest BCUT2D eigenvalue weighted by Crippen LogP contribution is 2.33. The van der Waals surface area contributed by atoms with Crippen LogP contribution in [-0.4, -0.2) is 37.9 Å². The topological polar surface area (TPSA) is 128 Å². The van der Waals surface area contributed by atoms with Gasteiger partial charge in [0, 0.05) is 35.6 Å². The van der Waals surface area contributed by atoms with Gasteiger partial charge in [0.15, 0.2) is 0 Å². The minimum absolute atomic E-state index is 0.200. The number of nitrogens with zero attached hydrogens (tertiary/aromatic N) is 5. The number of rotatable bonds is 10. The molecule has 0 saturated carbocycles. The van der Waals surface area contributed by atoms with Crippen LogP contribution in [0.4, 0.5) is 27.9 Å². The van der Waals surface area contributed by atoms with Crippen molar-refractivity contribution in [3.63, 3.8) is 0 Å². The van der Waals surface area contributed by atoms with Crippen molar-refractivity contribution in [3.05, 3.63) is 120 Å². The van der Waals surface area contributed by atoms with E-state index in [9.17, 15) is 4.79 Å². The molecule has 0 saturated heterocycles.